The summed E-state index contributed by atoms with van der Waals surface area (Å²) in [5.41, 5.74) is 10.4. The van der Waals surface area contributed by atoms with Gasteiger partial charge in [0.15, 0.2) is 5.16 Å². The van der Waals surface area contributed by atoms with Gasteiger partial charge >= 0.3 is 0 Å². The Morgan fingerprint density at radius 2 is 1.69 bits per heavy atom. The van der Waals surface area contributed by atoms with Crippen LogP contribution in [0.5, 0.6) is 0 Å². The molecule has 3 N–H and O–H groups in total. The molecule has 0 saturated heterocycles. The molecule has 0 fully saturated rings. The molecule has 0 aliphatic carbocycles. The molecule has 3 heterocycles. The van der Waals surface area contributed by atoms with Crippen LogP contribution in [0.4, 0.5) is 5.82 Å². The summed E-state index contributed by atoms with van der Waals surface area (Å²) >= 11 is 3.45. The molecule has 5 rings (SSSR count). The van der Waals surface area contributed by atoms with E-state index in [0.29, 0.717) is 5.82 Å². The highest BCUT2D eigenvalue weighted by Gasteiger charge is 2.26. The van der Waals surface area contributed by atoms with E-state index < -0.39 is 0 Å². The number of rotatable bonds is 5. The second kappa shape index (κ2) is 8.14. The highest BCUT2D eigenvalue weighted by atomic mass is 32.2. The first-order valence-electron chi connectivity index (χ1n) is 9.88. The maximum Gasteiger partial charge on any atom is 0.191 e. The first kappa shape index (κ1) is 18.6. The molecule has 0 bridgehead atoms. The van der Waals surface area contributed by atoms with E-state index in [1.165, 1.54) is 21.6 Å². The lowest BCUT2D eigenvalue weighted by Gasteiger charge is -2.24. The highest BCUT2D eigenvalue weighted by Crippen LogP contribution is 2.36. The van der Waals surface area contributed by atoms with Gasteiger partial charge in [-0.2, -0.15) is 0 Å². The Morgan fingerprint density at radius 3 is 2.45 bits per heavy atom. The zero-order valence-corrected chi connectivity index (χ0v) is 17.7. The summed E-state index contributed by atoms with van der Waals surface area (Å²) in [4.78, 5) is 13.5. The first-order valence-corrected chi connectivity index (χ1v) is 11.7. The fourth-order valence-corrected chi connectivity index (χ4v) is 6.12. The summed E-state index contributed by atoms with van der Waals surface area (Å²) in [6, 6.07) is 21.2. The summed E-state index contributed by atoms with van der Waals surface area (Å²) in [5, 5.41) is 1.86. The number of thioether (sulfide) groups is 1. The van der Waals surface area contributed by atoms with Crippen LogP contribution in [0.15, 0.2) is 65.8 Å². The summed E-state index contributed by atoms with van der Waals surface area (Å²) < 4.78 is 0. The standard InChI is InChI=1S/C23H22N4S2/c24-21-20-18-11-12-27(13-16-7-3-1-4-8-16)14-19(18)29-22(20)26-23(25-21)28-15-17-9-5-2-6-10-17/h1-10H,11-15H2,(H2,24,25,26)/p+1. The van der Waals surface area contributed by atoms with Crippen molar-refractivity contribution >= 4 is 39.1 Å². The van der Waals surface area contributed by atoms with E-state index in [1.54, 1.807) is 28.0 Å². The number of hydrogen-bond donors (Lipinski definition) is 2. The number of aromatic nitrogens is 2. The smallest absolute Gasteiger partial charge is 0.191 e. The normalized spacial score (nSPS) is 16.1. The number of nitrogen functional groups attached to an aromatic ring is 1. The minimum atomic E-state index is 0.634. The van der Waals surface area contributed by atoms with Crippen LogP contribution in [0, 0.1) is 0 Å². The molecule has 0 saturated carbocycles. The maximum atomic E-state index is 6.39. The van der Waals surface area contributed by atoms with Gasteiger partial charge in [-0.1, -0.05) is 72.4 Å². The molecule has 29 heavy (non-hydrogen) atoms. The number of nitrogens with one attached hydrogen (secondary N) is 1. The van der Waals surface area contributed by atoms with Gasteiger partial charge in [0.25, 0.3) is 0 Å². The Bertz CT molecular complexity index is 1130. The number of fused-ring (bicyclic) bond motifs is 3. The molecule has 2 aromatic heterocycles. The number of benzene rings is 2. The summed E-state index contributed by atoms with van der Waals surface area (Å²) in [7, 11) is 0. The zero-order chi connectivity index (χ0) is 19.6. The molecule has 146 valence electrons. The third-order valence-electron chi connectivity index (χ3n) is 5.39. The van der Waals surface area contributed by atoms with E-state index in [-0.39, 0.29) is 0 Å². The van der Waals surface area contributed by atoms with E-state index in [0.717, 1.165) is 47.2 Å². The number of nitrogens with two attached hydrogens (primary N) is 1. The Kier molecular flexibility index (Phi) is 5.23. The molecule has 1 aliphatic heterocycles. The first-order chi connectivity index (χ1) is 14.3. The van der Waals surface area contributed by atoms with Crippen LogP contribution < -0.4 is 10.6 Å². The van der Waals surface area contributed by atoms with Crippen molar-refractivity contribution in [3.63, 3.8) is 0 Å². The second-order valence-electron chi connectivity index (χ2n) is 7.44. The van der Waals surface area contributed by atoms with Gasteiger partial charge in [-0.3, -0.25) is 0 Å². The number of thiophene rings is 1. The zero-order valence-electron chi connectivity index (χ0n) is 16.1. The fraction of sp³-hybridized carbons (Fsp3) is 0.217. The molecule has 0 amide bonds. The minimum Gasteiger partial charge on any atom is -0.383 e. The van der Waals surface area contributed by atoms with Crippen LogP contribution in [-0.2, 0) is 25.3 Å². The van der Waals surface area contributed by atoms with Gasteiger partial charge in [0.2, 0.25) is 0 Å². The fourth-order valence-electron chi connectivity index (χ4n) is 3.96. The minimum absolute atomic E-state index is 0.634. The molecule has 4 aromatic rings. The summed E-state index contributed by atoms with van der Waals surface area (Å²) in [5.74, 6) is 1.49. The van der Waals surface area contributed by atoms with Crippen molar-refractivity contribution in [1.29, 1.82) is 0 Å². The molecule has 1 aliphatic rings. The van der Waals surface area contributed by atoms with Crippen molar-refractivity contribution in [3.8, 4) is 0 Å². The molecule has 2 aromatic carbocycles. The Labute approximate surface area is 178 Å². The Morgan fingerprint density at radius 1 is 0.966 bits per heavy atom. The van der Waals surface area contributed by atoms with Gasteiger partial charge in [0.05, 0.1) is 16.8 Å². The maximum absolute atomic E-state index is 6.39. The van der Waals surface area contributed by atoms with E-state index in [2.05, 4.69) is 59.6 Å². The molecular weight excluding hydrogens is 396 g/mol. The van der Waals surface area contributed by atoms with Crippen LogP contribution >= 0.6 is 23.1 Å². The van der Waals surface area contributed by atoms with Crippen molar-refractivity contribution in [1.82, 2.24) is 9.97 Å². The topological polar surface area (TPSA) is 56.2 Å². The summed E-state index contributed by atoms with van der Waals surface area (Å²) in [6.45, 7) is 3.22. The predicted octanol–water partition coefficient (Wildman–Crippen LogP) is 3.71. The monoisotopic (exact) mass is 419 g/mol. The van der Waals surface area contributed by atoms with Crippen molar-refractivity contribution in [2.75, 3.05) is 12.3 Å². The molecular formula is C23H23N4S2+. The molecule has 6 heteroatoms. The quantitative estimate of drug-likeness (QED) is 0.383. The molecule has 1 unspecified atom stereocenters. The van der Waals surface area contributed by atoms with Crippen LogP contribution in [0.3, 0.4) is 0 Å². The number of nitrogens with zero attached hydrogens (tertiary/aromatic N) is 2. The average Bonchev–Trinajstić information content (AvgIpc) is 3.12. The number of quaternary nitrogens is 1. The molecule has 4 nitrogen and oxygen atoms in total. The van der Waals surface area contributed by atoms with Gasteiger partial charge in [-0.25, -0.2) is 9.97 Å². The van der Waals surface area contributed by atoms with Crippen molar-refractivity contribution in [2.45, 2.75) is 30.4 Å². The lowest BCUT2D eigenvalue weighted by molar-refractivity contribution is -0.929. The summed E-state index contributed by atoms with van der Waals surface area (Å²) in [6.07, 6.45) is 1.04. The van der Waals surface area contributed by atoms with Crippen LogP contribution in [0.1, 0.15) is 21.6 Å². The van der Waals surface area contributed by atoms with Gasteiger partial charge in [0, 0.05) is 17.7 Å². The van der Waals surface area contributed by atoms with Crippen LogP contribution in [0.2, 0.25) is 0 Å². The van der Waals surface area contributed by atoms with Gasteiger partial charge in [-0.05, 0) is 11.1 Å². The number of hydrogen-bond acceptors (Lipinski definition) is 5. The average molecular weight is 420 g/mol. The molecule has 1 atom stereocenters. The van der Waals surface area contributed by atoms with E-state index in [1.807, 2.05) is 6.07 Å². The van der Waals surface area contributed by atoms with Crippen molar-refractivity contribution < 1.29 is 4.90 Å². The van der Waals surface area contributed by atoms with Crippen LogP contribution in [0.25, 0.3) is 10.2 Å². The third-order valence-corrected chi connectivity index (χ3v) is 7.43. The SMILES string of the molecule is Nc1nc(SCc2ccccc2)nc2sc3c(c12)CC[NH+](Cc1ccccc1)C3. The molecule has 0 spiro atoms. The highest BCUT2D eigenvalue weighted by molar-refractivity contribution is 7.98. The van der Waals surface area contributed by atoms with Gasteiger partial charge in [-0.15, -0.1) is 11.3 Å². The van der Waals surface area contributed by atoms with Gasteiger partial charge < -0.3 is 10.6 Å². The van der Waals surface area contributed by atoms with E-state index >= 15 is 0 Å². The Balaban J connectivity index is 1.37. The predicted molar refractivity (Wildman–Crippen MR) is 121 cm³/mol. The lowest BCUT2D eigenvalue weighted by Crippen LogP contribution is -3.10. The van der Waals surface area contributed by atoms with Crippen molar-refractivity contribution in [2.24, 2.45) is 0 Å². The van der Waals surface area contributed by atoms with Crippen molar-refractivity contribution in [3.05, 3.63) is 82.2 Å². The van der Waals surface area contributed by atoms with E-state index in [9.17, 15) is 0 Å². The van der Waals surface area contributed by atoms with Gasteiger partial charge in [0.1, 0.15) is 23.7 Å². The third kappa shape index (κ3) is 4.01. The lowest BCUT2D eigenvalue weighted by atomic mass is 10.0. The van der Waals surface area contributed by atoms with E-state index in [4.69, 9.17) is 10.7 Å². The second-order valence-corrected chi connectivity index (χ2v) is 9.46. The number of anilines is 1. The molecule has 0 radical (unpaired) electrons. The van der Waals surface area contributed by atoms with Crippen LogP contribution in [-0.4, -0.2) is 16.5 Å². The Hall–Kier alpha value is -2.41. The largest absolute Gasteiger partial charge is 0.383 e.